The molecule has 0 bridgehead atoms. The summed E-state index contributed by atoms with van der Waals surface area (Å²) in [5.41, 5.74) is 8.60. The predicted molar refractivity (Wildman–Crippen MR) is 93.6 cm³/mol. The zero-order chi connectivity index (χ0) is 16.7. The Morgan fingerprint density at radius 1 is 1.33 bits per heavy atom. The summed E-state index contributed by atoms with van der Waals surface area (Å²) in [5.74, 6) is 0.513. The number of hydrogen-bond acceptors (Lipinski definition) is 4. The molecule has 2 aliphatic rings. The number of rotatable bonds is 3. The van der Waals surface area contributed by atoms with Gasteiger partial charge >= 0.3 is 5.97 Å². The Morgan fingerprint density at radius 2 is 2.04 bits per heavy atom. The van der Waals surface area contributed by atoms with Crippen LogP contribution in [0.3, 0.4) is 0 Å². The lowest BCUT2D eigenvalue weighted by Gasteiger charge is -2.18. The molecule has 0 radical (unpaired) electrons. The quantitative estimate of drug-likeness (QED) is 0.810. The summed E-state index contributed by atoms with van der Waals surface area (Å²) >= 11 is 0. The van der Waals surface area contributed by atoms with Crippen LogP contribution in [-0.2, 0) is 11.2 Å². The fourth-order valence-corrected chi connectivity index (χ4v) is 4.15. The molecule has 1 aromatic rings. The number of nitrogens with one attached hydrogen (secondary N) is 1. The molecule has 1 saturated heterocycles. The van der Waals surface area contributed by atoms with Crippen LogP contribution in [0.1, 0.15) is 51.9 Å². The number of nitrogens with zero attached hydrogens (tertiary/aromatic N) is 1. The van der Waals surface area contributed by atoms with Gasteiger partial charge < -0.3 is 20.4 Å². The number of ether oxygens (including phenoxy) is 1. The molecule has 3 N–H and O–H groups in total. The number of likely N-dealkylation sites (tertiary alicyclic amines) is 1. The van der Waals surface area contributed by atoms with E-state index in [1.807, 2.05) is 11.8 Å². The van der Waals surface area contributed by atoms with Gasteiger partial charge in [-0.1, -0.05) is 6.92 Å². The molecule has 2 fully saturated rings. The topological polar surface area (TPSA) is 88.4 Å². The molecule has 3 rings (SSSR count). The van der Waals surface area contributed by atoms with Gasteiger partial charge in [0.1, 0.15) is 5.69 Å². The third-order valence-electron chi connectivity index (χ3n) is 5.48. The Labute approximate surface area is 148 Å². The summed E-state index contributed by atoms with van der Waals surface area (Å²) in [6, 6.07) is 0.208. The number of carbonyl (C=O) groups excluding carboxylic acids is 2. The van der Waals surface area contributed by atoms with Gasteiger partial charge in [-0.15, -0.1) is 12.4 Å². The molecule has 1 saturated carbocycles. The average Bonchev–Trinajstić information content (AvgIpc) is 3.20. The highest BCUT2D eigenvalue weighted by Gasteiger charge is 2.43. The molecule has 134 valence electrons. The van der Waals surface area contributed by atoms with E-state index in [0.29, 0.717) is 35.1 Å². The molecule has 2 heterocycles. The van der Waals surface area contributed by atoms with Crippen LogP contribution < -0.4 is 5.73 Å². The van der Waals surface area contributed by atoms with E-state index in [1.54, 1.807) is 6.92 Å². The predicted octanol–water partition coefficient (Wildman–Crippen LogP) is 1.90. The molecule has 24 heavy (non-hydrogen) atoms. The lowest BCUT2D eigenvalue weighted by Crippen LogP contribution is -2.34. The fraction of sp³-hybridized carbons (Fsp3) is 0.647. The SMILES string of the molecule is CCc1[nH]c(C(=O)N2CC3CCC(N)C3C2)c(C)c1C(=O)OC.Cl. The van der Waals surface area contributed by atoms with E-state index in [9.17, 15) is 9.59 Å². The van der Waals surface area contributed by atoms with E-state index in [2.05, 4.69) is 4.98 Å². The van der Waals surface area contributed by atoms with E-state index in [-0.39, 0.29) is 24.4 Å². The number of aromatic amines is 1. The van der Waals surface area contributed by atoms with Crippen molar-refractivity contribution in [3.63, 3.8) is 0 Å². The van der Waals surface area contributed by atoms with Gasteiger partial charge in [-0.2, -0.15) is 0 Å². The summed E-state index contributed by atoms with van der Waals surface area (Å²) in [6.45, 7) is 5.24. The minimum Gasteiger partial charge on any atom is -0.465 e. The van der Waals surface area contributed by atoms with Crippen LogP contribution in [0.2, 0.25) is 0 Å². The molecular formula is C17H26ClN3O3. The van der Waals surface area contributed by atoms with E-state index in [1.165, 1.54) is 7.11 Å². The lowest BCUT2D eigenvalue weighted by molar-refractivity contribution is 0.0599. The Kier molecular flexibility index (Phi) is 5.60. The number of H-pyrrole nitrogens is 1. The highest BCUT2D eigenvalue weighted by Crippen LogP contribution is 2.37. The molecule has 1 aliphatic heterocycles. The van der Waals surface area contributed by atoms with Crippen LogP contribution in [0, 0.1) is 18.8 Å². The average molecular weight is 356 g/mol. The molecule has 6 nitrogen and oxygen atoms in total. The van der Waals surface area contributed by atoms with Crippen molar-refractivity contribution in [2.75, 3.05) is 20.2 Å². The maximum absolute atomic E-state index is 12.9. The van der Waals surface area contributed by atoms with Crippen LogP contribution in [0.5, 0.6) is 0 Å². The normalized spacial score (nSPS) is 25.3. The lowest BCUT2D eigenvalue weighted by atomic mass is 9.98. The number of amides is 1. The van der Waals surface area contributed by atoms with Crippen LogP contribution >= 0.6 is 12.4 Å². The maximum Gasteiger partial charge on any atom is 0.339 e. The summed E-state index contributed by atoms with van der Waals surface area (Å²) in [5, 5.41) is 0. The van der Waals surface area contributed by atoms with Crippen LogP contribution in [0.15, 0.2) is 0 Å². The fourth-order valence-electron chi connectivity index (χ4n) is 4.15. The number of carbonyl (C=O) groups is 2. The van der Waals surface area contributed by atoms with Crippen molar-refractivity contribution in [3.05, 3.63) is 22.5 Å². The van der Waals surface area contributed by atoms with Gasteiger partial charge in [0.05, 0.1) is 12.7 Å². The second-order valence-corrected chi connectivity index (χ2v) is 6.70. The molecule has 0 spiro atoms. The summed E-state index contributed by atoms with van der Waals surface area (Å²) in [6.07, 6.45) is 2.81. The van der Waals surface area contributed by atoms with Crippen LogP contribution in [0.4, 0.5) is 0 Å². The number of esters is 1. The smallest absolute Gasteiger partial charge is 0.339 e. The largest absolute Gasteiger partial charge is 0.465 e. The second kappa shape index (κ2) is 7.15. The summed E-state index contributed by atoms with van der Waals surface area (Å²) < 4.78 is 4.85. The monoisotopic (exact) mass is 355 g/mol. The van der Waals surface area contributed by atoms with Crippen molar-refractivity contribution in [1.82, 2.24) is 9.88 Å². The minimum absolute atomic E-state index is 0. The molecule has 0 aromatic carbocycles. The molecular weight excluding hydrogens is 330 g/mol. The molecule has 7 heteroatoms. The third kappa shape index (κ3) is 2.93. The van der Waals surface area contributed by atoms with Gasteiger partial charge in [-0.25, -0.2) is 4.79 Å². The number of hydrogen-bond donors (Lipinski definition) is 2. The van der Waals surface area contributed by atoms with E-state index in [0.717, 1.165) is 31.6 Å². The van der Waals surface area contributed by atoms with Crippen molar-refractivity contribution in [3.8, 4) is 0 Å². The van der Waals surface area contributed by atoms with E-state index >= 15 is 0 Å². The van der Waals surface area contributed by atoms with Gasteiger partial charge in [0, 0.05) is 24.8 Å². The van der Waals surface area contributed by atoms with E-state index < -0.39 is 5.97 Å². The van der Waals surface area contributed by atoms with Gasteiger partial charge in [-0.05, 0) is 43.6 Å². The first-order valence-corrected chi connectivity index (χ1v) is 8.32. The van der Waals surface area contributed by atoms with Crippen molar-refractivity contribution >= 4 is 24.3 Å². The first-order valence-electron chi connectivity index (χ1n) is 8.32. The van der Waals surface area contributed by atoms with Gasteiger partial charge in [0.2, 0.25) is 0 Å². The van der Waals surface area contributed by atoms with E-state index in [4.69, 9.17) is 10.5 Å². The van der Waals surface area contributed by atoms with Crippen molar-refractivity contribution < 1.29 is 14.3 Å². The Bertz CT molecular complexity index is 643. The third-order valence-corrected chi connectivity index (χ3v) is 5.48. The molecule has 1 aliphatic carbocycles. The van der Waals surface area contributed by atoms with Crippen molar-refractivity contribution in [2.45, 2.75) is 39.2 Å². The standard InChI is InChI=1S/C17H25N3O3.ClH/c1-4-13-14(17(22)23-3)9(2)15(19-13)16(21)20-7-10-5-6-12(18)11(10)8-20;/h10-12,19H,4-8,18H2,1-3H3;1H. The zero-order valence-corrected chi connectivity index (χ0v) is 15.2. The van der Waals surface area contributed by atoms with Gasteiger partial charge in [0.25, 0.3) is 5.91 Å². The number of halogens is 1. The molecule has 3 unspecified atom stereocenters. The number of aryl methyl sites for hydroxylation is 1. The highest BCUT2D eigenvalue weighted by atomic mass is 35.5. The number of fused-ring (bicyclic) bond motifs is 1. The highest BCUT2D eigenvalue weighted by molar-refractivity contribution is 6.00. The Balaban J connectivity index is 0.00000208. The van der Waals surface area contributed by atoms with Crippen molar-refractivity contribution in [1.29, 1.82) is 0 Å². The first kappa shape index (κ1) is 18.8. The molecule has 1 amide bonds. The summed E-state index contributed by atoms with van der Waals surface area (Å²) in [7, 11) is 1.36. The zero-order valence-electron chi connectivity index (χ0n) is 14.4. The summed E-state index contributed by atoms with van der Waals surface area (Å²) in [4.78, 5) is 29.9. The molecule has 3 atom stereocenters. The van der Waals surface area contributed by atoms with Crippen LogP contribution in [0.25, 0.3) is 0 Å². The molecule has 1 aromatic heterocycles. The Hall–Kier alpha value is -1.53. The maximum atomic E-state index is 12.9. The van der Waals surface area contributed by atoms with Crippen molar-refractivity contribution in [2.24, 2.45) is 17.6 Å². The van der Waals surface area contributed by atoms with Crippen LogP contribution in [-0.4, -0.2) is 48.0 Å². The number of aromatic nitrogens is 1. The minimum atomic E-state index is -0.394. The van der Waals surface area contributed by atoms with Gasteiger partial charge in [-0.3, -0.25) is 4.79 Å². The number of nitrogens with two attached hydrogens (primary N) is 1. The second-order valence-electron chi connectivity index (χ2n) is 6.70. The first-order chi connectivity index (χ1) is 11.0. The Morgan fingerprint density at radius 3 is 2.62 bits per heavy atom. The van der Waals surface area contributed by atoms with Gasteiger partial charge in [0.15, 0.2) is 0 Å². The number of methoxy groups -OCH3 is 1.